The predicted molar refractivity (Wildman–Crippen MR) is 83.2 cm³/mol. The van der Waals surface area contributed by atoms with Gasteiger partial charge in [0.15, 0.2) is 0 Å². The minimum Gasteiger partial charge on any atom is -0.369 e. The SMILES string of the molecule is FC(F)(F)c1nc(NCCc2ccccc2)c2ccccc2n1. The van der Waals surface area contributed by atoms with Crippen molar-refractivity contribution in [3.8, 4) is 0 Å². The summed E-state index contributed by atoms with van der Waals surface area (Å²) in [6.45, 7) is 0.488. The number of fused-ring (bicyclic) bond motifs is 1. The maximum atomic E-state index is 12.9. The van der Waals surface area contributed by atoms with Gasteiger partial charge in [-0.05, 0) is 24.1 Å². The van der Waals surface area contributed by atoms with Crippen LogP contribution in [-0.4, -0.2) is 16.5 Å². The van der Waals surface area contributed by atoms with E-state index in [4.69, 9.17) is 0 Å². The molecule has 0 aliphatic heterocycles. The molecule has 0 aliphatic rings. The molecule has 0 amide bonds. The molecule has 0 saturated carbocycles. The highest BCUT2D eigenvalue weighted by atomic mass is 19.4. The number of hydrogen-bond donors (Lipinski definition) is 1. The second-order valence-corrected chi connectivity index (χ2v) is 5.07. The number of nitrogens with one attached hydrogen (secondary N) is 1. The molecule has 1 heterocycles. The maximum Gasteiger partial charge on any atom is 0.451 e. The number of benzene rings is 2. The zero-order valence-electron chi connectivity index (χ0n) is 12.1. The Hall–Kier alpha value is -2.63. The molecule has 23 heavy (non-hydrogen) atoms. The van der Waals surface area contributed by atoms with Crippen molar-refractivity contribution in [2.75, 3.05) is 11.9 Å². The first-order valence-electron chi connectivity index (χ1n) is 7.16. The summed E-state index contributed by atoms with van der Waals surface area (Å²) in [6.07, 6.45) is -3.87. The van der Waals surface area contributed by atoms with Gasteiger partial charge in [-0.2, -0.15) is 13.2 Å². The van der Waals surface area contributed by atoms with Crippen LogP contribution in [0.15, 0.2) is 54.6 Å². The van der Waals surface area contributed by atoms with Crippen LogP contribution in [0.1, 0.15) is 11.4 Å². The summed E-state index contributed by atoms with van der Waals surface area (Å²) < 4.78 is 38.8. The summed E-state index contributed by atoms with van der Waals surface area (Å²) in [6, 6.07) is 16.4. The van der Waals surface area contributed by atoms with E-state index in [0.29, 0.717) is 18.4 Å². The molecule has 118 valence electrons. The first-order valence-corrected chi connectivity index (χ1v) is 7.16. The molecule has 0 saturated heterocycles. The smallest absolute Gasteiger partial charge is 0.369 e. The molecule has 0 fully saturated rings. The highest BCUT2D eigenvalue weighted by molar-refractivity contribution is 5.89. The Morgan fingerprint density at radius 1 is 0.870 bits per heavy atom. The van der Waals surface area contributed by atoms with E-state index in [-0.39, 0.29) is 11.3 Å². The molecule has 0 bridgehead atoms. The number of para-hydroxylation sites is 1. The average molecular weight is 317 g/mol. The first kappa shape index (κ1) is 15.3. The van der Waals surface area contributed by atoms with Crippen molar-refractivity contribution in [2.45, 2.75) is 12.6 Å². The molecule has 3 nitrogen and oxygen atoms in total. The van der Waals surface area contributed by atoms with Gasteiger partial charge in [0.25, 0.3) is 0 Å². The van der Waals surface area contributed by atoms with E-state index in [2.05, 4.69) is 15.3 Å². The number of anilines is 1. The van der Waals surface area contributed by atoms with Crippen LogP contribution in [0.25, 0.3) is 10.9 Å². The van der Waals surface area contributed by atoms with Gasteiger partial charge in [0.05, 0.1) is 5.52 Å². The average Bonchev–Trinajstić information content (AvgIpc) is 2.55. The van der Waals surface area contributed by atoms with Gasteiger partial charge in [0.1, 0.15) is 5.82 Å². The molecule has 2 aromatic carbocycles. The molecule has 3 rings (SSSR count). The van der Waals surface area contributed by atoms with Crippen LogP contribution >= 0.6 is 0 Å². The van der Waals surface area contributed by atoms with Crippen molar-refractivity contribution in [1.29, 1.82) is 0 Å². The molecule has 0 atom stereocenters. The van der Waals surface area contributed by atoms with Gasteiger partial charge in [0.2, 0.25) is 5.82 Å². The molecule has 0 spiro atoms. The Morgan fingerprint density at radius 2 is 1.57 bits per heavy atom. The summed E-state index contributed by atoms with van der Waals surface area (Å²) in [7, 11) is 0. The van der Waals surface area contributed by atoms with Crippen molar-refractivity contribution in [3.05, 3.63) is 66.0 Å². The Balaban J connectivity index is 1.86. The van der Waals surface area contributed by atoms with Gasteiger partial charge >= 0.3 is 6.18 Å². The number of hydrogen-bond acceptors (Lipinski definition) is 3. The zero-order chi connectivity index (χ0) is 16.3. The second-order valence-electron chi connectivity index (χ2n) is 5.07. The minimum atomic E-state index is -4.57. The topological polar surface area (TPSA) is 37.8 Å². The zero-order valence-corrected chi connectivity index (χ0v) is 12.1. The standard InChI is InChI=1S/C17H14F3N3/c18-17(19,20)16-22-14-9-5-4-8-13(14)15(23-16)21-11-10-12-6-2-1-3-7-12/h1-9H,10-11H2,(H,21,22,23). The van der Waals surface area contributed by atoms with Gasteiger partial charge in [-0.15, -0.1) is 0 Å². The molecular weight excluding hydrogens is 303 g/mol. The summed E-state index contributed by atoms with van der Waals surface area (Å²) in [4.78, 5) is 7.25. The van der Waals surface area contributed by atoms with Crippen molar-refractivity contribution in [2.24, 2.45) is 0 Å². The minimum absolute atomic E-state index is 0.207. The third kappa shape index (κ3) is 3.59. The van der Waals surface area contributed by atoms with E-state index in [9.17, 15) is 13.2 Å². The molecule has 0 radical (unpaired) electrons. The third-order valence-corrected chi connectivity index (χ3v) is 3.41. The molecule has 0 aliphatic carbocycles. The Morgan fingerprint density at radius 3 is 2.30 bits per heavy atom. The van der Waals surface area contributed by atoms with Crippen LogP contribution in [-0.2, 0) is 12.6 Å². The lowest BCUT2D eigenvalue weighted by atomic mass is 10.1. The van der Waals surface area contributed by atoms with Crippen LogP contribution in [0.5, 0.6) is 0 Å². The second kappa shape index (κ2) is 6.24. The normalized spacial score (nSPS) is 11.6. The Kier molecular flexibility index (Phi) is 4.14. The van der Waals surface area contributed by atoms with Crippen molar-refractivity contribution >= 4 is 16.7 Å². The van der Waals surface area contributed by atoms with E-state index in [1.165, 1.54) is 0 Å². The highest BCUT2D eigenvalue weighted by Crippen LogP contribution is 2.30. The lowest BCUT2D eigenvalue weighted by Gasteiger charge is -2.12. The van der Waals surface area contributed by atoms with E-state index < -0.39 is 12.0 Å². The van der Waals surface area contributed by atoms with Gasteiger partial charge in [-0.1, -0.05) is 42.5 Å². The van der Waals surface area contributed by atoms with Crippen molar-refractivity contribution in [3.63, 3.8) is 0 Å². The lowest BCUT2D eigenvalue weighted by molar-refractivity contribution is -0.144. The number of aromatic nitrogens is 2. The predicted octanol–water partition coefficient (Wildman–Crippen LogP) is 4.30. The number of rotatable bonds is 4. The van der Waals surface area contributed by atoms with Crippen LogP contribution in [0.2, 0.25) is 0 Å². The van der Waals surface area contributed by atoms with Crippen LogP contribution < -0.4 is 5.32 Å². The van der Waals surface area contributed by atoms with E-state index in [0.717, 1.165) is 5.56 Å². The summed E-state index contributed by atoms with van der Waals surface area (Å²) in [5.74, 6) is -0.919. The van der Waals surface area contributed by atoms with Crippen molar-refractivity contribution < 1.29 is 13.2 Å². The van der Waals surface area contributed by atoms with Crippen LogP contribution in [0, 0.1) is 0 Å². The van der Waals surface area contributed by atoms with Gasteiger partial charge < -0.3 is 5.32 Å². The highest BCUT2D eigenvalue weighted by Gasteiger charge is 2.35. The molecule has 6 heteroatoms. The van der Waals surface area contributed by atoms with Gasteiger partial charge in [-0.25, -0.2) is 9.97 Å². The van der Waals surface area contributed by atoms with Crippen molar-refractivity contribution in [1.82, 2.24) is 9.97 Å². The maximum absolute atomic E-state index is 12.9. The quantitative estimate of drug-likeness (QED) is 0.779. The Labute approximate surface area is 131 Å². The fraction of sp³-hybridized carbons (Fsp3) is 0.176. The summed E-state index contributed by atoms with van der Waals surface area (Å²) in [5, 5.41) is 3.57. The fourth-order valence-electron chi connectivity index (χ4n) is 2.31. The summed E-state index contributed by atoms with van der Waals surface area (Å²) >= 11 is 0. The van der Waals surface area contributed by atoms with E-state index in [1.54, 1.807) is 24.3 Å². The molecule has 0 unspecified atom stereocenters. The third-order valence-electron chi connectivity index (χ3n) is 3.41. The van der Waals surface area contributed by atoms with Crippen LogP contribution in [0.3, 0.4) is 0 Å². The van der Waals surface area contributed by atoms with Gasteiger partial charge in [0, 0.05) is 11.9 Å². The summed E-state index contributed by atoms with van der Waals surface area (Å²) in [5.41, 5.74) is 1.38. The lowest BCUT2D eigenvalue weighted by Crippen LogP contribution is -2.14. The first-order chi connectivity index (χ1) is 11.0. The van der Waals surface area contributed by atoms with Crippen LogP contribution in [0.4, 0.5) is 19.0 Å². The molecule has 3 aromatic rings. The van der Waals surface area contributed by atoms with E-state index >= 15 is 0 Å². The molecule has 1 N–H and O–H groups in total. The van der Waals surface area contributed by atoms with Gasteiger partial charge in [-0.3, -0.25) is 0 Å². The monoisotopic (exact) mass is 317 g/mol. The molecule has 1 aromatic heterocycles. The largest absolute Gasteiger partial charge is 0.451 e. The number of alkyl halides is 3. The fourth-order valence-corrected chi connectivity index (χ4v) is 2.31. The van der Waals surface area contributed by atoms with E-state index in [1.807, 2.05) is 30.3 Å². The Bertz CT molecular complexity index is 801. The number of halogens is 3. The number of nitrogens with zero attached hydrogens (tertiary/aromatic N) is 2. The molecular formula is C17H14F3N3.